The van der Waals surface area contributed by atoms with Crippen molar-refractivity contribution in [2.45, 2.75) is 20.4 Å². The van der Waals surface area contributed by atoms with Crippen LogP contribution in [0.15, 0.2) is 42.6 Å². The number of rotatable bonds is 4. The smallest absolute Gasteiger partial charge is 0.273 e. The number of ether oxygens (including phenoxy) is 2. The Morgan fingerprint density at radius 3 is 2.69 bits per heavy atom. The number of benzene rings is 2. The zero-order valence-electron chi connectivity index (χ0n) is 14.5. The first kappa shape index (κ1) is 16.1. The van der Waals surface area contributed by atoms with E-state index in [9.17, 15) is 4.79 Å². The van der Waals surface area contributed by atoms with Gasteiger partial charge in [-0.15, -0.1) is 5.10 Å². The van der Waals surface area contributed by atoms with Gasteiger partial charge in [-0.05, 0) is 54.8 Å². The molecule has 0 spiro atoms. The van der Waals surface area contributed by atoms with Gasteiger partial charge in [-0.25, -0.2) is 4.68 Å². The van der Waals surface area contributed by atoms with E-state index in [1.165, 1.54) is 0 Å². The second-order valence-electron chi connectivity index (χ2n) is 6.26. The monoisotopic (exact) mass is 350 g/mol. The molecule has 0 radical (unpaired) electrons. The molecule has 1 aliphatic rings. The normalized spacial score (nSPS) is 12.2. The van der Waals surface area contributed by atoms with E-state index in [0.29, 0.717) is 12.3 Å². The largest absolute Gasteiger partial charge is 0.454 e. The Labute approximate surface area is 150 Å². The van der Waals surface area contributed by atoms with Crippen LogP contribution in [0.1, 0.15) is 27.2 Å². The van der Waals surface area contributed by atoms with Crippen LogP contribution in [0.5, 0.6) is 11.5 Å². The lowest BCUT2D eigenvalue weighted by molar-refractivity contribution is 0.0945. The average Bonchev–Trinajstić information content (AvgIpc) is 3.27. The van der Waals surface area contributed by atoms with E-state index < -0.39 is 0 Å². The highest BCUT2D eigenvalue weighted by Crippen LogP contribution is 2.32. The molecule has 0 saturated carbocycles. The topological polar surface area (TPSA) is 78.3 Å². The van der Waals surface area contributed by atoms with Gasteiger partial charge in [0, 0.05) is 6.54 Å². The Morgan fingerprint density at radius 1 is 1.12 bits per heavy atom. The third kappa shape index (κ3) is 3.23. The van der Waals surface area contributed by atoms with Gasteiger partial charge in [-0.3, -0.25) is 4.79 Å². The van der Waals surface area contributed by atoms with E-state index in [2.05, 4.69) is 21.7 Å². The molecular formula is C19H18N4O3. The standard InChI is InChI=1S/C19H18N4O3/c1-12-5-13(2)7-15(6-12)23-10-16(21-22-23)19(24)20-9-14-3-4-17-18(8-14)26-11-25-17/h3-8,10H,9,11H2,1-2H3,(H,20,24). The van der Waals surface area contributed by atoms with Crippen LogP contribution in [-0.4, -0.2) is 27.7 Å². The van der Waals surface area contributed by atoms with E-state index >= 15 is 0 Å². The van der Waals surface area contributed by atoms with Crippen LogP contribution < -0.4 is 14.8 Å². The molecule has 26 heavy (non-hydrogen) atoms. The van der Waals surface area contributed by atoms with Gasteiger partial charge < -0.3 is 14.8 Å². The fraction of sp³-hybridized carbons (Fsp3) is 0.211. The van der Waals surface area contributed by atoms with E-state index in [4.69, 9.17) is 9.47 Å². The van der Waals surface area contributed by atoms with Crippen molar-refractivity contribution in [2.24, 2.45) is 0 Å². The zero-order valence-corrected chi connectivity index (χ0v) is 14.5. The van der Waals surface area contributed by atoms with Gasteiger partial charge in [0.05, 0.1) is 11.9 Å². The Bertz CT molecular complexity index is 960. The van der Waals surface area contributed by atoms with Gasteiger partial charge in [-0.2, -0.15) is 0 Å². The number of nitrogens with zero attached hydrogens (tertiary/aromatic N) is 3. The number of carbonyl (C=O) groups is 1. The van der Waals surface area contributed by atoms with Crippen LogP contribution in [0.3, 0.4) is 0 Å². The fourth-order valence-electron chi connectivity index (χ4n) is 2.90. The number of carbonyl (C=O) groups excluding carboxylic acids is 1. The van der Waals surface area contributed by atoms with E-state index in [1.54, 1.807) is 10.9 Å². The van der Waals surface area contributed by atoms with E-state index in [-0.39, 0.29) is 18.4 Å². The molecule has 132 valence electrons. The Hall–Kier alpha value is -3.35. The first-order chi connectivity index (χ1) is 12.6. The lowest BCUT2D eigenvalue weighted by Gasteiger charge is -2.05. The quantitative estimate of drug-likeness (QED) is 0.782. The van der Waals surface area contributed by atoms with Gasteiger partial charge in [0.25, 0.3) is 5.91 Å². The number of nitrogens with one attached hydrogen (secondary N) is 1. The van der Waals surface area contributed by atoms with Crippen LogP contribution in [0.2, 0.25) is 0 Å². The first-order valence-corrected chi connectivity index (χ1v) is 8.26. The number of hydrogen-bond acceptors (Lipinski definition) is 5. The first-order valence-electron chi connectivity index (χ1n) is 8.26. The average molecular weight is 350 g/mol. The minimum Gasteiger partial charge on any atom is -0.454 e. The van der Waals surface area contributed by atoms with E-state index in [0.717, 1.165) is 28.1 Å². The maximum absolute atomic E-state index is 12.3. The Balaban J connectivity index is 1.45. The molecule has 0 bridgehead atoms. The summed E-state index contributed by atoms with van der Waals surface area (Å²) in [6.45, 7) is 4.64. The number of amides is 1. The molecule has 0 saturated heterocycles. The highest BCUT2D eigenvalue weighted by atomic mass is 16.7. The zero-order chi connectivity index (χ0) is 18.1. The van der Waals surface area contributed by atoms with Crippen molar-refractivity contribution >= 4 is 5.91 Å². The van der Waals surface area contributed by atoms with Gasteiger partial charge in [0.15, 0.2) is 17.2 Å². The number of fused-ring (bicyclic) bond motifs is 1. The highest BCUT2D eigenvalue weighted by Gasteiger charge is 2.15. The molecule has 0 aliphatic carbocycles. The minimum absolute atomic E-state index is 0.229. The van der Waals surface area contributed by atoms with Crippen molar-refractivity contribution in [3.05, 3.63) is 65.0 Å². The van der Waals surface area contributed by atoms with Crippen molar-refractivity contribution < 1.29 is 14.3 Å². The summed E-state index contributed by atoms with van der Waals surface area (Å²) in [7, 11) is 0. The van der Waals surface area contributed by atoms with Crippen LogP contribution in [0, 0.1) is 13.8 Å². The van der Waals surface area contributed by atoms with Gasteiger partial charge >= 0.3 is 0 Å². The number of aryl methyl sites for hydroxylation is 2. The molecule has 1 aliphatic heterocycles. The molecule has 2 aromatic carbocycles. The van der Waals surface area contributed by atoms with Gasteiger partial charge in [-0.1, -0.05) is 17.3 Å². The summed E-state index contributed by atoms with van der Waals surface area (Å²) in [6, 6.07) is 11.7. The van der Waals surface area contributed by atoms with Crippen LogP contribution in [0.25, 0.3) is 5.69 Å². The SMILES string of the molecule is Cc1cc(C)cc(-n2cc(C(=O)NCc3ccc4c(c3)OCO4)nn2)c1. The highest BCUT2D eigenvalue weighted by molar-refractivity contribution is 5.91. The molecule has 7 nitrogen and oxygen atoms in total. The minimum atomic E-state index is -0.279. The molecular weight excluding hydrogens is 332 g/mol. The molecule has 1 N–H and O–H groups in total. The summed E-state index contributed by atoms with van der Waals surface area (Å²) in [5, 5.41) is 10.9. The Kier molecular flexibility index (Phi) is 4.04. The molecule has 1 amide bonds. The second-order valence-corrected chi connectivity index (χ2v) is 6.26. The number of hydrogen-bond donors (Lipinski definition) is 1. The summed E-state index contributed by atoms with van der Waals surface area (Å²) in [6.07, 6.45) is 1.63. The van der Waals surface area contributed by atoms with Crippen LogP contribution in [-0.2, 0) is 6.54 Å². The van der Waals surface area contributed by atoms with Crippen molar-refractivity contribution in [1.82, 2.24) is 20.3 Å². The lowest BCUT2D eigenvalue weighted by Crippen LogP contribution is -2.23. The second kappa shape index (κ2) is 6.51. The van der Waals surface area contributed by atoms with Crippen molar-refractivity contribution in [3.63, 3.8) is 0 Å². The summed E-state index contributed by atoms with van der Waals surface area (Å²) in [5.41, 5.74) is 4.33. The summed E-state index contributed by atoms with van der Waals surface area (Å²) >= 11 is 0. The maximum Gasteiger partial charge on any atom is 0.273 e. The lowest BCUT2D eigenvalue weighted by atomic mass is 10.1. The molecule has 0 unspecified atom stereocenters. The Morgan fingerprint density at radius 2 is 1.88 bits per heavy atom. The van der Waals surface area contributed by atoms with Gasteiger partial charge in [0.2, 0.25) is 6.79 Å². The van der Waals surface area contributed by atoms with Gasteiger partial charge in [0.1, 0.15) is 0 Å². The van der Waals surface area contributed by atoms with E-state index in [1.807, 2.05) is 44.2 Å². The molecule has 0 atom stereocenters. The predicted molar refractivity (Wildman–Crippen MR) is 94.6 cm³/mol. The van der Waals surface area contributed by atoms with Crippen molar-refractivity contribution in [3.8, 4) is 17.2 Å². The summed E-state index contributed by atoms with van der Waals surface area (Å²) in [4.78, 5) is 12.3. The van der Waals surface area contributed by atoms with Crippen LogP contribution >= 0.6 is 0 Å². The fourth-order valence-corrected chi connectivity index (χ4v) is 2.90. The molecule has 0 fully saturated rings. The third-order valence-corrected chi connectivity index (χ3v) is 4.09. The van der Waals surface area contributed by atoms with Crippen molar-refractivity contribution in [1.29, 1.82) is 0 Å². The molecule has 1 aromatic heterocycles. The number of aromatic nitrogens is 3. The summed E-state index contributed by atoms with van der Waals surface area (Å²) in [5.74, 6) is 1.13. The molecule has 3 aromatic rings. The molecule has 7 heteroatoms. The predicted octanol–water partition coefficient (Wildman–Crippen LogP) is 2.54. The third-order valence-electron chi connectivity index (χ3n) is 4.09. The maximum atomic E-state index is 12.3. The molecule has 2 heterocycles. The summed E-state index contributed by atoms with van der Waals surface area (Å²) < 4.78 is 12.2. The molecule has 4 rings (SSSR count). The van der Waals surface area contributed by atoms with Crippen LogP contribution in [0.4, 0.5) is 0 Å². The van der Waals surface area contributed by atoms with Crippen molar-refractivity contribution in [2.75, 3.05) is 6.79 Å².